The van der Waals surface area contributed by atoms with E-state index in [0.717, 1.165) is 37.9 Å². The fourth-order valence-electron chi connectivity index (χ4n) is 3.46. The van der Waals surface area contributed by atoms with E-state index in [1.807, 2.05) is 18.4 Å². The van der Waals surface area contributed by atoms with Crippen LogP contribution in [-0.4, -0.2) is 32.9 Å². The second kappa shape index (κ2) is 9.69. The normalized spacial score (nSPS) is 16.0. The highest BCUT2D eigenvalue weighted by atomic mass is 32.2. The lowest BCUT2D eigenvalue weighted by molar-refractivity contribution is -0.126. The van der Waals surface area contributed by atoms with Crippen LogP contribution in [0.4, 0.5) is 0 Å². The molecule has 0 saturated heterocycles. The quantitative estimate of drug-likeness (QED) is 0.762. The van der Waals surface area contributed by atoms with E-state index in [-0.39, 0.29) is 23.4 Å². The summed E-state index contributed by atoms with van der Waals surface area (Å²) in [6.07, 6.45) is 9.76. The van der Waals surface area contributed by atoms with Crippen LogP contribution in [0.1, 0.15) is 50.3 Å². The highest BCUT2D eigenvalue weighted by molar-refractivity contribution is 7.98. The third-order valence-electron chi connectivity index (χ3n) is 4.93. The molecule has 1 aliphatic carbocycles. The van der Waals surface area contributed by atoms with Crippen molar-refractivity contribution in [3.8, 4) is 11.5 Å². The standard InChI is InChI=1S/C20H26N4O2S/c1-27-12-10-15(23-20(26)14-7-3-2-4-8-14)17-13-18(25)24-19(22-17)16-9-5-6-11-21-16/h5-6,9,11,13-15H,2-4,7-8,10,12H2,1H3,(H,23,26)(H,22,24,25). The molecule has 0 spiro atoms. The summed E-state index contributed by atoms with van der Waals surface area (Å²) in [5.41, 5.74) is 0.970. The number of hydrogen-bond donors (Lipinski definition) is 2. The Morgan fingerprint density at radius 2 is 2.15 bits per heavy atom. The molecule has 1 unspecified atom stereocenters. The van der Waals surface area contributed by atoms with Crippen LogP contribution in [-0.2, 0) is 4.79 Å². The zero-order valence-corrected chi connectivity index (χ0v) is 16.4. The fourth-order valence-corrected chi connectivity index (χ4v) is 3.93. The number of carbonyl (C=O) groups is 1. The van der Waals surface area contributed by atoms with Crippen LogP contribution in [0.3, 0.4) is 0 Å². The van der Waals surface area contributed by atoms with Gasteiger partial charge in [-0.15, -0.1) is 0 Å². The van der Waals surface area contributed by atoms with Crippen molar-refractivity contribution in [2.45, 2.75) is 44.6 Å². The summed E-state index contributed by atoms with van der Waals surface area (Å²) in [6, 6.07) is 6.69. The predicted molar refractivity (Wildman–Crippen MR) is 109 cm³/mol. The number of rotatable bonds is 7. The summed E-state index contributed by atoms with van der Waals surface area (Å²) in [5, 5.41) is 3.16. The van der Waals surface area contributed by atoms with Gasteiger partial charge in [-0.05, 0) is 43.4 Å². The number of pyridine rings is 1. The maximum atomic E-state index is 12.7. The number of thioether (sulfide) groups is 1. The molecule has 1 atom stereocenters. The zero-order chi connectivity index (χ0) is 19.1. The van der Waals surface area contributed by atoms with Gasteiger partial charge in [0.1, 0.15) is 5.69 Å². The van der Waals surface area contributed by atoms with Gasteiger partial charge in [0.15, 0.2) is 5.82 Å². The molecule has 1 aliphatic rings. The molecule has 1 amide bonds. The smallest absolute Gasteiger partial charge is 0.251 e. The molecule has 2 aromatic rings. The molecule has 0 bridgehead atoms. The molecular weight excluding hydrogens is 360 g/mol. The van der Waals surface area contributed by atoms with Crippen molar-refractivity contribution in [1.29, 1.82) is 0 Å². The van der Waals surface area contributed by atoms with Crippen molar-refractivity contribution in [2.24, 2.45) is 5.92 Å². The van der Waals surface area contributed by atoms with Gasteiger partial charge >= 0.3 is 0 Å². The van der Waals surface area contributed by atoms with Gasteiger partial charge in [0, 0.05) is 18.2 Å². The Labute approximate surface area is 163 Å². The Bertz CT molecular complexity index is 803. The maximum absolute atomic E-state index is 12.7. The van der Waals surface area contributed by atoms with E-state index in [9.17, 15) is 9.59 Å². The Hall–Kier alpha value is -2.15. The van der Waals surface area contributed by atoms with Gasteiger partial charge in [-0.2, -0.15) is 11.8 Å². The largest absolute Gasteiger partial charge is 0.347 e. The Balaban J connectivity index is 1.84. The second-order valence-corrected chi connectivity index (χ2v) is 7.90. The van der Waals surface area contributed by atoms with E-state index in [2.05, 4.69) is 20.3 Å². The SMILES string of the molecule is CSCCC(NC(=O)C1CCCCC1)c1cc(=O)[nH]c(-c2ccccn2)n1. The highest BCUT2D eigenvalue weighted by Gasteiger charge is 2.25. The van der Waals surface area contributed by atoms with E-state index < -0.39 is 0 Å². The van der Waals surface area contributed by atoms with Crippen LogP contribution in [0.25, 0.3) is 11.5 Å². The summed E-state index contributed by atoms with van der Waals surface area (Å²) in [5.74, 6) is 1.47. The summed E-state index contributed by atoms with van der Waals surface area (Å²) in [6.45, 7) is 0. The minimum absolute atomic E-state index is 0.0767. The maximum Gasteiger partial charge on any atom is 0.251 e. The lowest BCUT2D eigenvalue weighted by Crippen LogP contribution is -2.36. The number of aromatic amines is 1. The lowest BCUT2D eigenvalue weighted by Gasteiger charge is -2.25. The Morgan fingerprint density at radius 3 is 2.85 bits per heavy atom. The molecular formula is C20H26N4O2S. The molecule has 2 heterocycles. The number of nitrogens with zero attached hydrogens (tertiary/aromatic N) is 2. The van der Waals surface area contributed by atoms with Gasteiger partial charge in [0.2, 0.25) is 5.91 Å². The molecule has 2 aromatic heterocycles. The third-order valence-corrected chi connectivity index (χ3v) is 5.57. The van der Waals surface area contributed by atoms with Gasteiger partial charge in [-0.3, -0.25) is 14.6 Å². The van der Waals surface area contributed by atoms with Crippen LogP contribution in [0.5, 0.6) is 0 Å². The van der Waals surface area contributed by atoms with Crippen molar-refractivity contribution in [3.05, 3.63) is 46.5 Å². The van der Waals surface area contributed by atoms with Crippen molar-refractivity contribution in [3.63, 3.8) is 0 Å². The minimum atomic E-state index is -0.267. The first kappa shape index (κ1) is 19.6. The number of carbonyl (C=O) groups excluding carboxylic acids is 1. The average Bonchev–Trinajstić information content (AvgIpc) is 2.71. The van der Waals surface area contributed by atoms with Gasteiger partial charge in [-0.25, -0.2) is 4.98 Å². The van der Waals surface area contributed by atoms with Crippen LogP contribution >= 0.6 is 11.8 Å². The molecule has 144 valence electrons. The summed E-state index contributed by atoms with van der Waals surface area (Å²) in [4.78, 5) is 36.6. The van der Waals surface area contributed by atoms with Crippen LogP contribution in [0, 0.1) is 5.92 Å². The molecule has 0 aliphatic heterocycles. The first-order chi connectivity index (χ1) is 13.2. The lowest BCUT2D eigenvalue weighted by atomic mass is 9.88. The topological polar surface area (TPSA) is 87.7 Å². The molecule has 1 saturated carbocycles. The second-order valence-electron chi connectivity index (χ2n) is 6.91. The van der Waals surface area contributed by atoms with E-state index in [1.54, 1.807) is 24.0 Å². The summed E-state index contributed by atoms with van der Waals surface area (Å²) in [7, 11) is 0. The first-order valence-corrected chi connectivity index (χ1v) is 10.9. The number of nitrogens with one attached hydrogen (secondary N) is 2. The Morgan fingerprint density at radius 1 is 1.33 bits per heavy atom. The molecule has 6 nitrogen and oxygen atoms in total. The van der Waals surface area contributed by atoms with E-state index >= 15 is 0 Å². The molecule has 2 N–H and O–H groups in total. The van der Waals surface area contributed by atoms with Crippen LogP contribution in [0.2, 0.25) is 0 Å². The fraction of sp³-hybridized carbons (Fsp3) is 0.500. The summed E-state index contributed by atoms with van der Waals surface area (Å²) >= 11 is 1.71. The van der Waals surface area contributed by atoms with Gasteiger partial charge in [-0.1, -0.05) is 25.3 Å². The van der Waals surface area contributed by atoms with Gasteiger partial charge in [0.05, 0.1) is 11.7 Å². The van der Waals surface area contributed by atoms with E-state index in [0.29, 0.717) is 17.2 Å². The molecule has 1 fully saturated rings. The molecule has 7 heteroatoms. The zero-order valence-electron chi connectivity index (χ0n) is 15.6. The number of hydrogen-bond acceptors (Lipinski definition) is 5. The van der Waals surface area contributed by atoms with Gasteiger partial charge in [0.25, 0.3) is 5.56 Å². The van der Waals surface area contributed by atoms with E-state index in [4.69, 9.17) is 0 Å². The highest BCUT2D eigenvalue weighted by Crippen LogP contribution is 2.25. The number of aromatic nitrogens is 3. The summed E-state index contributed by atoms with van der Waals surface area (Å²) < 4.78 is 0. The van der Waals surface area contributed by atoms with Crippen molar-refractivity contribution < 1.29 is 4.79 Å². The van der Waals surface area contributed by atoms with Crippen LogP contribution in [0.15, 0.2) is 35.3 Å². The minimum Gasteiger partial charge on any atom is -0.347 e. The molecule has 0 aromatic carbocycles. The van der Waals surface area contributed by atoms with Crippen molar-refractivity contribution >= 4 is 17.7 Å². The van der Waals surface area contributed by atoms with Crippen molar-refractivity contribution in [1.82, 2.24) is 20.3 Å². The number of amides is 1. The Kier molecular flexibility index (Phi) is 7.04. The predicted octanol–water partition coefficient (Wildman–Crippen LogP) is 3.32. The molecule has 0 radical (unpaired) electrons. The molecule has 3 rings (SSSR count). The average molecular weight is 387 g/mol. The van der Waals surface area contributed by atoms with Crippen LogP contribution < -0.4 is 10.9 Å². The third kappa shape index (κ3) is 5.42. The van der Waals surface area contributed by atoms with Gasteiger partial charge < -0.3 is 10.3 Å². The monoisotopic (exact) mass is 386 g/mol. The van der Waals surface area contributed by atoms with Crippen molar-refractivity contribution in [2.75, 3.05) is 12.0 Å². The van der Waals surface area contributed by atoms with E-state index in [1.165, 1.54) is 12.5 Å². The first-order valence-electron chi connectivity index (χ1n) is 9.49. The molecule has 27 heavy (non-hydrogen) atoms. The number of H-pyrrole nitrogens is 1.